The van der Waals surface area contributed by atoms with Crippen LogP contribution < -0.4 is 10.1 Å². The second-order valence-corrected chi connectivity index (χ2v) is 6.64. The summed E-state index contributed by atoms with van der Waals surface area (Å²) >= 11 is 0. The van der Waals surface area contributed by atoms with Gasteiger partial charge in [0.05, 0.1) is 5.60 Å². The normalized spacial score (nSPS) is 13.3. The van der Waals surface area contributed by atoms with Crippen molar-refractivity contribution >= 4 is 12.0 Å². The van der Waals surface area contributed by atoms with Crippen molar-refractivity contribution in [2.45, 2.75) is 38.9 Å². The Morgan fingerprint density at radius 1 is 1.19 bits per heavy atom. The van der Waals surface area contributed by atoms with Crippen LogP contribution in [0.25, 0.3) is 6.08 Å². The fourth-order valence-corrected chi connectivity index (χ4v) is 2.58. The highest BCUT2D eigenvalue weighted by Crippen LogP contribution is 2.16. The third-order valence-electron chi connectivity index (χ3n) is 3.97. The van der Waals surface area contributed by atoms with Gasteiger partial charge in [0.15, 0.2) is 0 Å². The Morgan fingerprint density at radius 3 is 2.69 bits per heavy atom. The maximum atomic E-state index is 11.9. The molecule has 0 aliphatic heterocycles. The van der Waals surface area contributed by atoms with Crippen LogP contribution in [0.15, 0.2) is 60.7 Å². The van der Waals surface area contributed by atoms with E-state index in [0.29, 0.717) is 13.0 Å². The van der Waals surface area contributed by atoms with Crippen LogP contribution in [0.5, 0.6) is 5.75 Å². The summed E-state index contributed by atoms with van der Waals surface area (Å²) in [6.07, 6.45) is 4.73. The van der Waals surface area contributed by atoms with Crippen molar-refractivity contribution in [3.63, 3.8) is 0 Å². The maximum Gasteiger partial charge on any atom is 0.244 e. The van der Waals surface area contributed by atoms with Crippen molar-refractivity contribution in [2.75, 3.05) is 6.54 Å². The summed E-state index contributed by atoms with van der Waals surface area (Å²) in [7, 11) is 0. The van der Waals surface area contributed by atoms with E-state index in [4.69, 9.17) is 4.74 Å². The lowest BCUT2D eigenvalue weighted by Gasteiger charge is -2.22. The zero-order valence-electron chi connectivity index (χ0n) is 15.4. The summed E-state index contributed by atoms with van der Waals surface area (Å²) in [5, 5.41) is 12.8. The first-order chi connectivity index (χ1) is 12.5. The molecular formula is C22H27NO3. The number of carbonyl (C=O) groups excluding carboxylic acids is 1. The summed E-state index contributed by atoms with van der Waals surface area (Å²) < 4.78 is 5.79. The average Bonchev–Trinajstić information content (AvgIpc) is 2.64. The largest absolute Gasteiger partial charge is 0.489 e. The highest BCUT2D eigenvalue weighted by atomic mass is 16.5. The zero-order chi connectivity index (χ0) is 18.8. The molecule has 0 saturated heterocycles. The molecule has 1 atom stereocenters. The molecule has 2 rings (SSSR count). The van der Waals surface area contributed by atoms with Gasteiger partial charge < -0.3 is 15.2 Å². The van der Waals surface area contributed by atoms with Gasteiger partial charge in [0.25, 0.3) is 0 Å². The van der Waals surface area contributed by atoms with E-state index in [2.05, 4.69) is 5.32 Å². The van der Waals surface area contributed by atoms with Gasteiger partial charge in [-0.3, -0.25) is 4.79 Å². The molecule has 2 aromatic carbocycles. The summed E-state index contributed by atoms with van der Waals surface area (Å²) in [4.78, 5) is 11.9. The number of carbonyl (C=O) groups is 1. The third-order valence-corrected chi connectivity index (χ3v) is 3.97. The van der Waals surface area contributed by atoms with Gasteiger partial charge in [-0.2, -0.15) is 0 Å². The van der Waals surface area contributed by atoms with Crippen LogP contribution in [-0.2, 0) is 11.4 Å². The minimum absolute atomic E-state index is 0.225. The van der Waals surface area contributed by atoms with Crippen LogP contribution in [-0.4, -0.2) is 23.2 Å². The molecule has 0 radical (unpaired) electrons. The lowest BCUT2D eigenvalue weighted by atomic mass is 10.0. The molecule has 0 saturated carbocycles. The van der Waals surface area contributed by atoms with Crippen LogP contribution in [0.4, 0.5) is 0 Å². The number of nitrogens with one attached hydrogen (secondary N) is 1. The van der Waals surface area contributed by atoms with E-state index < -0.39 is 5.60 Å². The SMILES string of the molecule is CCC[C@@](C)(O)CNC(=O)/C=C/c1cccc(OCc2ccccc2)c1. The van der Waals surface area contributed by atoms with Crippen molar-refractivity contribution in [3.05, 3.63) is 71.8 Å². The van der Waals surface area contributed by atoms with Crippen molar-refractivity contribution in [1.29, 1.82) is 0 Å². The molecule has 0 heterocycles. The molecule has 0 fully saturated rings. The minimum Gasteiger partial charge on any atom is -0.489 e. The number of benzene rings is 2. The average molecular weight is 353 g/mol. The molecule has 0 aliphatic carbocycles. The highest BCUT2D eigenvalue weighted by Gasteiger charge is 2.19. The lowest BCUT2D eigenvalue weighted by molar-refractivity contribution is -0.117. The van der Waals surface area contributed by atoms with Crippen LogP contribution in [0.2, 0.25) is 0 Å². The molecule has 4 heteroatoms. The Balaban J connectivity index is 1.87. The molecule has 0 unspecified atom stereocenters. The molecule has 0 aromatic heterocycles. The second kappa shape index (κ2) is 9.78. The molecule has 0 aliphatic rings. The smallest absolute Gasteiger partial charge is 0.244 e. The number of aliphatic hydroxyl groups is 1. The molecule has 4 nitrogen and oxygen atoms in total. The standard InChI is InChI=1S/C22H27NO3/c1-3-14-22(2,25)17-23-21(24)13-12-18-10-7-11-20(15-18)26-16-19-8-5-4-6-9-19/h4-13,15,25H,3,14,16-17H2,1-2H3,(H,23,24)/b13-12+/t22-/m1/s1. The predicted molar refractivity (Wildman–Crippen MR) is 105 cm³/mol. The molecule has 138 valence electrons. The monoisotopic (exact) mass is 353 g/mol. The molecular weight excluding hydrogens is 326 g/mol. The molecule has 0 bridgehead atoms. The fourth-order valence-electron chi connectivity index (χ4n) is 2.58. The van der Waals surface area contributed by atoms with E-state index in [1.165, 1.54) is 6.08 Å². The summed E-state index contributed by atoms with van der Waals surface area (Å²) in [5.74, 6) is 0.527. The number of hydrogen-bond acceptors (Lipinski definition) is 3. The Hall–Kier alpha value is -2.59. The van der Waals surface area contributed by atoms with Crippen molar-refractivity contribution in [3.8, 4) is 5.75 Å². The number of rotatable bonds is 9. The van der Waals surface area contributed by atoms with Crippen molar-refractivity contribution < 1.29 is 14.6 Å². The molecule has 26 heavy (non-hydrogen) atoms. The van der Waals surface area contributed by atoms with Crippen LogP contribution in [0, 0.1) is 0 Å². The first kappa shape index (κ1) is 19.7. The fraction of sp³-hybridized carbons (Fsp3) is 0.318. The van der Waals surface area contributed by atoms with Gasteiger partial charge in [0.1, 0.15) is 12.4 Å². The Labute approximate surface area is 155 Å². The predicted octanol–water partition coefficient (Wildman–Crippen LogP) is 3.95. The quantitative estimate of drug-likeness (QED) is 0.671. The minimum atomic E-state index is -0.872. The number of ether oxygens (including phenoxy) is 1. The Morgan fingerprint density at radius 2 is 1.96 bits per heavy atom. The summed E-state index contributed by atoms with van der Waals surface area (Å²) in [5.41, 5.74) is 1.11. The van der Waals surface area contributed by atoms with Gasteiger partial charge in [-0.1, -0.05) is 55.8 Å². The second-order valence-electron chi connectivity index (χ2n) is 6.64. The van der Waals surface area contributed by atoms with Gasteiger partial charge in [-0.15, -0.1) is 0 Å². The zero-order valence-corrected chi connectivity index (χ0v) is 15.4. The van der Waals surface area contributed by atoms with E-state index >= 15 is 0 Å². The topological polar surface area (TPSA) is 58.6 Å². The van der Waals surface area contributed by atoms with E-state index in [9.17, 15) is 9.90 Å². The van der Waals surface area contributed by atoms with Crippen LogP contribution in [0.1, 0.15) is 37.8 Å². The van der Waals surface area contributed by atoms with E-state index in [1.807, 2.05) is 61.5 Å². The van der Waals surface area contributed by atoms with Gasteiger partial charge in [-0.25, -0.2) is 0 Å². The Bertz CT molecular complexity index is 723. The number of hydrogen-bond donors (Lipinski definition) is 2. The first-order valence-corrected chi connectivity index (χ1v) is 8.93. The summed E-state index contributed by atoms with van der Waals surface area (Å²) in [6.45, 7) is 4.47. The van der Waals surface area contributed by atoms with Gasteiger partial charge in [0, 0.05) is 12.6 Å². The van der Waals surface area contributed by atoms with Crippen LogP contribution in [0.3, 0.4) is 0 Å². The molecule has 1 amide bonds. The number of amides is 1. The van der Waals surface area contributed by atoms with Gasteiger partial charge in [0.2, 0.25) is 5.91 Å². The summed E-state index contributed by atoms with van der Waals surface area (Å²) in [6, 6.07) is 17.5. The van der Waals surface area contributed by atoms with Crippen LogP contribution >= 0.6 is 0 Å². The molecule has 2 aromatic rings. The van der Waals surface area contributed by atoms with E-state index in [-0.39, 0.29) is 12.5 Å². The molecule has 2 N–H and O–H groups in total. The van der Waals surface area contributed by atoms with Gasteiger partial charge in [-0.05, 0) is 42.7 Å². The third kappa shape index (κ3) is 7.11. The van der Waals surface area contributed by atoms with E-state index in [0.717, 1.165) is 23.3 Å². The lowest BCUT2D eigenvalue weighted by Crippen LogP contribution is -2.39. The van der Waals surface area contributed by atoms with Crippen molar-refractivity contribution in [2.24, 2.45) is 0 Å². The highest BCUT2D eigenvalue weighted by molar-refractivity contribution is 5.91. The maximum absolute atomic E-state index is 11.9. The first-order valence-electron chi connectivity index (χ1n) is 8.93. The Kier molecular flexibility index (Phi) is 7.42. The van der Waals surface area contributed by atoms with Crippen molar-refractivity contribution in [1.82, 2.24) is 5.32 Å². The van der Waals surface area contributed by atoms with E-state index in [1.54, 1.807) is 13.0 Å². The molecule has 0 spiro atoms. The van der Waals surface area contributed by atoms with Gasteiger partial charge >= 0.3 is 0 Å².